The molecule has 0 aromatic heterocycles. The zero-order chi connectivity index (χ0) is 12.7. The average Bonchev–Trinajstić information content (AvgIpc) is 2.36. The minimum atomic E-state index is -0.141. The van der Waals surface area contributed by atoms with Gasteiger partial charge in [-0.1, -0.05) is 19.1 Å². The SMILES string of the molecule is CCOC(=O)C(CC)Sc1cccc(CN)c1. The van der Waals surface area contributed by atoms with E-state index >= 15 is 0 Å². The summed E-state index contributed by atoms with van der Waals surface area (Å²) in [4.78, 5) is 12.7. The Hall–Kier alpha value is -1.00. The van der Waals surface area contributed by atoms with Crippen LogP contribution in [0, 0.1) is 0 Å². The Kier molecular flexibility index (Phi) is 6.08. The van der Waals surface area contributed by atoms with E-state index in [-0.39, 0.29) is 11.2 Å². The van der Waals surface area contributed by atoms with E-state index in [0.717, 1.165) is 16.9 Å². The van der Waals surface area contributed by atoms with Crippen LogP contribution in [-0.2, 0) is 16.1 Å². The van der Waals surface area contributed by atoms with Crippen molar-refractivity contribution in [2.24, 2.45) is 5.73 Å². The Morgan fingerprint density at radius 3 is 2.82 bits per heavy atom. The summed E-state index contributed by atoms with van der Waals surface area (Å²) in [6.45, 7) is 4.76. The first-order valence-corrected chi connectivity index (χ1v) is 6.71. The first-order valence-electron chi connectivity index (χ1n) is 5.83. The lowest BCUT2D eigenvalue weighted by Gasteiger charge is -2.13. The molecule has 0 bridgehead atoms. The Morgan fingerprint density at radius 1 is 1.47 bits per heavy atom. The van der Waals surface area contributed by atoms with Gasteiger partial charge in [0.05, 0.1) is 6.61 Å². The van der Waals surface area contributed by atoms with E-state index in [9.17, 15) is 4.79 Å². The van der Waals surface area contributed by atoms with E-state index in [4.69, 9.17) is 10.5 Å². The molecule has 0 heterocycles. The van der Waals surface area contributed by atoms with Gasteiger partial charge in [-0.2, -0.15) is 0 Å². The molecule has 0 radical (unpaired) electrons. The van der Waals surface area contributed by atoms with E-state index < -0.39 is 0 Å². The summed E-state index contributed by atoms with van der Waals surface area (Å²) in [6, 6.07) is 7.95. The molecule has 0 aliphatic rings. The standard InChI is InChI=1S/C13H19NO2S/c1-3-12(13(15)16-4-2)17-11-7-5-6-10(8-11)9-14/h5-8,12H,3-4,9,14H2,1-2H3. The third-order valence-electron chi connectivity index (χ3n) is 2.33. The van der Waals surface area contributed by atoms with Gasteiger partial charge >= 0.3 is 5.97 Å². The van der Waals surface area contributed by atoms with Gasteiger partial charge in [0.25, 0.3) is 0 Å². The van der Waals surface area contributed by atoms with E-state index in [0.29, 0.717) is 13.2 Å². The normalized spacial score (nSPS) is 12.2. The molecule has 2 N–H and O–H groups in total. The molecule has 0 amide bonds. The monoisotopic (exact) mass is 253 g/mol. The fraction of sp³-hybridized carbons (Fsp3) is 0.462. The molecule has 3 nitrogen and oxygen atoms in total. The molecule has 1 atom stereocenters. The van der Waals surface area contributed by atoms with Crippen LogP contribution >= 0.6 is 11.8 Å². The van der Waals surface area contributed by atoms with E-state index in [1.807, 2.05) is 38.1 Å². The van der Waals surface area contributed by atoms with Crippen molar-refractivity contribution in [1.29, 1.82) is 0 Å². The number of esters is 1. The first-order chi connectivity index (χ1) is 8.21. The smallest absolute Gasteiger partial charge is 0.319 e. The molecule has 1 rings (SSSR count). The van der Waals surface area contributed by atoms with Crippen LogP contribution < -0.4 is 5.73 Å². The number of benzene rings is 1. The third-order valence-corrected chi connectivity index (χ3v) is 3.67. The average molecular weight is 253 g/mol. The molecule has 0 fully saturated rings. The Balaban J connectivity index is 2.69. The van der Waals surface area contributed by atoms with Crippen LogP contribution in [-0.4, -0.2) is 17.8 Å². The van der Waals surface area contributed by atoms with Crippen LogP contribution in [0.5, 0.6) is 0 Å². The van der Waals surface area contributed by atoms with E-state index in [1.54, 1.807) is 0 Å². The van der Waals surface area contributed by atoms with Crippen molar-refractivity contribution in [1.82, 2.24) is 0 Å². The van der Waals surface area contributed by atoms with E-state index in [2.05, 4.69) is 0 Å². The number of rotatable bonds is 6. The summed E-state index contributed by atoms with van der Waals surface area (Å²) in [5.74, 6) is -0.141. The zero-order valence-electron chi connectivity index (χ0n) is 10.3. The van der Waals surface area contributed by atoms with Crippen LogP contribution in [0.2, 0.25) is 0 Å². The zero-order valence-corrected chi connectivity index (χ0v) is 11.1. The molecule has 0 saturated heterocycles. The lowest BCUT2D eigenvalue weighted by molar-refractivity contribution is -0.142. The van der Waals surface area contributed by atoms with Gasteiger partial charge in [-0.05, 0) is 31.0 Å². The molecular weight excluding hydrogens is 234 g/mol. The second kappa shape index (κ2) is 7.35. The maximum Gasteiger partial charge on any atom is 0.319 e. The fourth-order valence-electron chi connectivity index (χ4n) is 1.44. The number of carbonyl (C=O) groups excluding carboxylic acids is 1. The quantitative estimate of drug-likeness (QED) is 0.625. The predicted molar refractivity (Wildman–Crippen MR) is 70.9 cm³/mol. The molecule has 17 heavy (non-hydrogen) atoms. The second-order valence-electron chi connectivity index (χ2n) is 3.62. The predicted octanol–water partition coefficient (Wildman–Crippen LogP) is 2.58. The maximum atomic E-state index is 11.7. The summed E-state index contributed by atoms with van der Waals surface area (Å²) < 4.78 is 5.04. The second-order valence-corrected chi connectivity index (χ2v) is 4.89. The third kappa shape index (κ3) is 4.40. The van der Waals surface area contributed by atoms with Crippen molar-refractivity contribution in [3.63, 3.8) is 0 Å². The Morgan fingerprint density at radius 2 is 2.24 bits per heavy atom. The van der Waals surface area contributed by atoms with Crippen LogP contribution in [0.1, 0.15) is 25.8 Å². The highest BCUT2D eigenvalue weighted by Crippen LogP contribution is 2.26. The molecule has 4 heteroatoms. The topological polar surface area (TPSA) is 52.3 Å². The molecule has 0 aliphatic carbocycles. The van der Waals surface area contributed by atoms with Crippen LogP contribution in [0.15, 0.2) is 29.2 Å². The molecule has 1 unspecified atom stereocenters. The van der Waals surface area contributed by atoms with Gasteiger partial charge in [-0.15, -0.1) is 11.8 Å². The van der Waals surface area contributed by atoms with E-state index in [1.165, 1.54) is 11.8 Å². The number of hydrogen-bond acceptors (Lipinski definition) is 4. The van der Waals surface area contributed by atoms with Gasteiger partial charge in [-0.25, -0.2) is 0 Å². The van der Waals surface area contributed by atoms with Crippen molar-refractivity contribution < 1.29 is 9.53 Å². The number of ether oxygens (including phenoxy) is 1. The summed E-state index contributed by atoms with van der Waals surface area (Å²) in [6.07, 6.45) is 0.760. The van der Waals surface area contributed by atoms with Crippen LogP contribution in [0.4, 0.5) is 0 Å². The van der Waals surface area contributed by atoms with Gasteiger partial charge < -0.3 is 10.5 Å². The number of hydrogen-bond donors (Lipinski definition) is 1. The molecule has 1 aromatic rings. The van der Waals surface area contributed by atoms with Gasteiger partial charge in [0, 0.05) is 11.4 Å². The van der Waals surface area contributed by atoms with Crippen molar-refractivity contribution in [2.45, 2.75) is 37.0 Å². The lowest BCUT2D eigenvalue weighted by Crippen LogP contribution is -2.19. The van der Waals surface area contributed by atoms with Crippen LogP contribution in [0.3, 0.4) is 0 Å². The summed E-state index contributed by atoms with van der Waals surface area (Å²) in [5.41, 5.74) is 6.67. The molecule has 0 aliphatic heterocycles. The summed E-state index contributed by atoms with van der Waals surface area (Å²) in [7, 11) is 0. The molecule has 94 valence electrons. The summed E-state index contributed by atoms with van der Waals surface area (Å²) >= 11 is 1.54. The minimum absolute atomic E-state index is 0.136. The van der Waals surface area contributed by atoms with Crippen molar-refractivity contribution in [3.8, 4) is 0 Å². The van der Waals surface area contributed by atoms with Gasteiger partial charge in [-0.3, -0.25) is 4.79 Å². The van der Waals surface area contributed by atoms with Crippen LogP contribution in [0.25, 0.3) is 0 Å². The largest absolute Gasteiger partial charge is 0.465 e. The molecule has 1 aromatic carbocycles. The molecule has 0 spiro atoms. The lowest BCUT2D eigenvalue weighted by atomic mass is 10.2. The van der Waals surface area contributed by atoms with Crippen molar-refractivity contribution in [2.75, 3.05) is 6.61 Å². The highest BCUT2D eigenvalue weighted by Gasteiger charge is 2.18. The van der Waals surface area contributed by atoms with Gasteiger partial charge in [0.1, 0.15) is 5.25 Å². The Labute approximate surface area is 107 Å². The van der Waals surface area contributed by atoms with Crippen molar-refractivity contribution >= 4 is 17.7 Å². The minimum Gasteiger partial charge on any atom is -0.465 e. The fourth-order valence-corrected chi connectivity index (χ4v) is 2.48. The molecule has 0 saturated carbocycles. The molecular formula is C13H19NO2S. The number of nitrogens with two attached hydrogens (primary N) is 1. The highest BCUT2D eigenvalue weighted by molar-refractivity contribution is 8.00. The van der Waals surface area contributed by atoms with Gasteiger partial charge in [0.15, 0.2) is 0 Å². The number of carbonyl (C=O) groups is 1. The van der Waals surface area contributed by atoms with Crippen molar-refractivity contribution in [3.05, 3.63) is 29.8 Å². The van der Waals surface area contributed by atoms with Gasteiger partial charge in [0.2, 0.25) is 0 Å². The highest BCUT2D eigenvalue weighted by atomic mass is 32.2. The first kappa shape index (κ1) is 14.1. The summed E-state index contributed by atoms with van der Waals surface area (Å²) in [5, 5.41) is -0.136. The maximum absolute atomic E-state index is 11.7. The number of thioether (sulfide) groups is 1. The Bertz CT molecular complexity index is 368.